The number of amides is 1. The molecule has 0 radical (unpaired) electrons. The van der Waals surface area contributed by atoms with Crippen LogP contribution in [0.2, 0.25) is 0 Å². The first-order valence-corrected chi connectivity index (χ1v) is 12.6. The van der Waals surface area contributed by atoms with Gasteiger partial charge in [-0.15, -0.1) is 0 Å². The number of methoxy groups -OCH3 is 1. The molecule has 1 amide bonds. The maximum absolute atomic E-state index is 13.8. The fraction of sp³-hybridized carbons (Fsp3) is 0.267. The van der Waals surface area contributed by atoms with Crippen LogP contribution in [0.25, 0.3) is 22.4 Å². The first-order valence-electron chi connectivity index (χ1n) is 12.6. The Bertz CT molecular complexity index is 1340. The van der Waals surface area contributed by atoms with Crippen LogP contribution in [-0.2, 0) is 11.3 Å². The van der Waals surface area contributed by atoms with Gasteiger partial charge in [-0.2, -0.15) is 0 Å². The van der Waals surface area contributed by atoms with Gasteiger partial charge in [0.2, 0.25) is 11.8 Å². The standard InChI is InChI=1S/C30H30N4O3/c1-37-29-17-24(13-15-32-29)23-4-2-6-26(16-23)34(30(36)22-8-10-27(35)11-9-22)20-21-7-12-28(33-18-21)25-5-3-14-31-19-25/h2-7,12-19,22,27,35H,8-11,20H2,1H3. The summed E-state index contributed by atoms with van der Waals surface area (Å²) in [6, 6.07) is 19.6. The molecule has 0 aliphatic heterocycles. The molecule has 7 heteroatoms. The average molecular weight is 495 g/mol. The molecule has 1 aliphatic carbocycles. The van der Waals surface area contributed by atoms with Gasteiger partial charge in [-0.25, -0.2) is 4.98 Å². The number of hydrogen-bond donors (Lipinski definition) is 1. The van der Waals surface area contributed by atoms with Crippen LogP contribution in [0.1, 0.15) is 31.2 Å². The third kappa shape index (κ3) is 5.84. The van der Waals surface area contributed by atoms with E-state index in [0.717, 1.165) is 33.6 Å². The molecule has 37 heavy (non-hydrogen) atoms. The first-order chi connectivity index (χ1) is 18.1. The minimum absolute atomic E-state index is 0.0766. The van der Waals surface area contributed by atoms with Crippen molar-refractivity contribution < 1.29 is 14.6 Å². The number of ether oxygens (including phenoxy) is 1. The van der Waals surface area contributed by atoms with Gasteiger partial charge < -0.3 is 14.7 Å². The molecule has 5 rings (SSSR count). The number of aliphatic hydroxyl groups excluding tert-OH is 1. The van der Waals surface area contributed by atoms with Crippen LogP contribution in [0.5, 0.6) is 5.88 Å². The minimum Gasteiger partial charge on any atom is -0.481 e. The van der Waals surface area contributed by atoms with E-state index >= 15 is 0 Å². The molecule has 3 heterocycles. The molecule has 1 fully saturated rings. The Hall–Kier alpha value is -4.10. The Labute approximate surface area is 216 Å². The van der Waals surface area contributed by atoms with Crippen LogP contribution in [0.4, 0.5) is 5.69 Å². The van der Waals surface area contributed by atoms with Gasteiger partial charge in [-0.1, -0.05) is 18.2 Å². The molecule has 1 aliphatic rings. The Balaban J connectivity index is 1.45. The molecule has 0 unspecified atom stereocenters. The average Bonchev–Trinajstić information content (AvgIpc) is 2.97. The van der Waals surface area contributed by atoms with Crippen molar-refractivity contribution in [3.8, 4) is 28.3 Å². The molecule has 1 saturated carbocycles. The van der Waals surface area contributed by atoms with Gasteiger partial charge in [0, 0.05) is 48.0 Å². The predicted molar refractivity (Wildman–Crippen MR) is 143 cm³/mol. The maximum Gasteiger partial charge on any atom is 0.230 e. The van der Waals surface area contributed by atoms with Crippen molar-refractivity contribution in [1.29, 1.82) is 0 Å². The summed E-state index contributed by atoms with van der Waals surface area (Å²) in [6.07, 6.45) is 9.44. The van der Waals surface area contributed by atoms with E-state index in [9.17, 15) is 9.90 Å². The molecule has 0 spiro atoms. The lowest BCUT2D eigenvalue weighted by molar-refractivity contribution is -0.124. The van der Waals surface area contributed by atoms with Crippen molar-refractivity contribution in [3.63, 3.8) is 0 Å². The highest BCUT2D eigenvalue weighted by atomic mass is 16.5. The zero-order valence-corrected chi connectivity index (χ0v) is 20.8. The second-order valence-corrected chi connectivity index (χ2v) is 9.36. The van der Waals surface area contributed by atoms with E-state index in [2.05, 4.69) is 15.0 Å². The molecule has 1 N–H and O–H groups in total. The Morgan fingerprint density at radius 2 is 1.73 bits per heavy atom. The number of anilines is 1. The van der Waals surface area contributed by atoms with Gasteiger partial charge >= 0.3 is 0 Å². The van der Waals surface area contributed by atoms with E-state index in [4.69, 9.17) is 4.74 Å². The third-order valence-corrected chi connectivity index (χ3v) is 6.87. The van der Waals surface area contributed by atoms with Crippen LogP contribution in [-0.4, -0.2) is 39.2 Å². The highest BCUT2D eigenvalue weighted by Gasteiger charge is 2.30. The molecule has 188 valence electrons. The molecular weight excluding hydrogens is 464 g/mol. The highest BCUT2D eigenvalue weighted by molar-refractivity contribution is 5.95. The van der Waals surface area contributed by atoms with Crippen molar-refractivity contribution in [1.82, 2.24) is 15.0 Å². The molecule has 1 aromatic carbocycles. The highest BCUT2D eigenvalue weighted by Crippen LogP contribution is 2.32. The lowest BCUT2D eigenvalue weighted by Crippen LogP contribution is -2.38. The van der Waals surface area contributed by atoms with Gasteiger partial charge in [-0.3, -0.25) is 14.8 Å². The first kappa shape index (κ1) is 24.6. The fourth-order valence-electron chi connectivity index (χ4n) is 4.78. The van der Waals surface area contributed by atoms with Crippen LogP contribution < -0.4 is 9.64 Å². The molecule has 3 aromatic heterocycles. The summed E-state index contributed by atoms with van der Waals surface area (Å²) >= 11 is 0. The summed E-state index contributed by atoms with van der Waals surface area (Å²) in [5.74, 6) is 0.500. The normalized spacial score (nSPS) is 17.2. The van der Waals surface area contributed by atoms with Gasteiger partial charge in [0.1, 0.15) is 0 Å². The number of nitrogens with zero attached hydrogens (tertiary/aromatic N) is 4. The number of rotatable bonds is 7. The number of benzene rings is 1. The third-order valence-electron chi connectivity index (χ3n) is 6.87. The number of carbonyl (C=O) groups is 1. The summed E-state index contributed by atoms with van der Waals surface area (Å²) in [4.78, 5) is 28.7. The van der Waals surface area contributed by atoms with Crippen LogP contribution in [0, 0.1) is 5.92 Å². The van der Waals surface area contributed by atoms with Crippen molar-refractivity contribution in [3.05, 3.63) is 91.0 Å². The summed E-state index contributed by atoms with van der Waals surface area (Å²) in [7, 11) is 1.59. The maximum atomic E-state index is 13.8. The largest absolute Gasteiger partial charge is 0.481 e. The zero-order valence-electron chi connectivity index (χ0n) is 20.8. The topological polar surface area (TPSA) is 88.4 Å². The molecule has 7 nitrogen and oxygen atoms in total. The predicted octanol–water partition coefficient (Wildman–Crippen LogP) is 5.30. The quantitative estimate of drug-likeness (QED) is 0.375. The van der Waals surface area contributed by atoms with Gasteiger partial charge in [-0.05, 0) is 78.8 Å². The van der Waals surface area contributed by atoms with E-state index in [-0.39, 0.29) is 17.9 Å². The number of pyridine rings is 3. The molecule has 0 bridgehead atoms. The number of aliphatic hydroxyl groups is 1. The Morgan fingerprint density at radius 3 is 2.46 bits per heavy atom. The molecule has 0 saturated heterocycles. The van der Waals surface area contributed by atoms with E-state index < -0.39 is 0 Å². The van der Waals surface area contributed by atoms with Crippen LogP contribution >= 0.6 is 0 Å². The van der Waals surface area contributed by atoms with E-state index in [1.54, 1.807) is 25.7 Å². The lowest BCUT2D eigenvalue weighted by atomic mass is 9.86. The van der Waals surface area contributed by atoms with Crippen molar-refractivity contribution in [2.45, 2.75) is 38.3 Å². The van der Waals surface area contributed by atoms with Crippen molar-refractivity contribution in [2.75, 3.05) is 12.0 Å². The monoisotopic (exact) mass is 494 g/mol. The number of carbonyl (C=O) groups excluding carboxylic acids is 1. The van der Waals surface area contributed by atoms with E-state index in [1.165, 1.54) is 0 Å². The summed E-state index contributed by atoms with van der Waals surface area (Å²) in [6.45, 7) is 0.404. The summed E-state index contributed by atoms with van der Waals surface area (Å²) in [5, 5.41) is 9.97. The van der Waals surface area contributed by atoms with E-state index in [0.29, 0.717) is 38.1 Å². The minimum atomic E-state index is -0.313. The van der Waals surface area contributed by atoms with Crippen LogP contribution in [0.15, 0.2) is 85.5 Å². The van der Waals surface area contributed by atoms with Crippen molar-refractivity contribution in [2.24, 2.45) is 5.92 Å². The SMILES string of the molecule is COc1cc(-c2cccc(N(Cc3ccc(-c4cccnc4)nc3)C(=O)C3CCC(O)CC3)c2)ccn1. The zero-order chi connectivity index (χ0) is 25.6. The smallest absolute Gasteiger partial charge is 0.230 e. The Morgan fingerprint density at radius 1 is 0.919 bits per heavy atom. The van der Waals surface area contributed by atoms with Crippen LogP contribution in [0.3, 0.4) is 0 Å². The second-order valence-electron chi connectivity index (χ2n) is 9.36. The second kappa shape index (κ2) is 11.3. The van der Waals surface area contributed by atoms with Gasteiger partial charge in [0.05, 0.1) is 25.5 Å². The van der Waals surface area contributed by atoms with Gasteiger partial charge in [0.25, 0.3) is 0 Å². The number of aromatic nitrogens is 3. The lowest BCUT2D eigenvalue weighted by Gasteiger charge is -2.31. The molecular formula is C30H30N4O3. The fourth-order valence-corrected chi connectivity index (χ4v) is 4.78. The van der Waals surface area contributed by atoms with Gasteiger partial charge in [0.15, 0.2) is 0 Å². The van der Waals surface area contributed by atoms with E-state index in [1.807, 2.05) is 71.8 Å². The summed E-state index contributed by atoms with van der Waals surface area (Å²) < 4.78 is 5.29. The molecule has 0 atom stereocenters. The Kier molecular flexibility index (Phi) is 7.51. The molecule has 4 aromatic rings. The number of hydrogen-bond acceptors (Lipinski definition) is 6. The summed E-state index contributed by atoms with van der Waals surface area (Å²) in [5.41, 5.74) is 5.48. The van der Waals surface area contributed by atoms with Crippen molar-refractivity contribution >= 4 is 11.6 Å².